The molecule has 5 rings (SSSR count). The maximum Gasteiger partial charge on any atom is 0.239 e. The average Bonchev–Trinajstić information content (AvgIpc) is 2.88. The molecule has 0 heterocycles. The first-order valence-corrected chi connectivity index (χ1v) is 13.0. The van der Waals surface area contributed by atoms with Gasteiger partial charge in [0.2, 0.25) is 6.71 Å². The van der Waals surface area contributed by atoms with E-state index in [2.05, 4.69) is 112 Å². The molecule has 0 saturated heterocycles. The Balaban J connectivity index is 1.84. The summed E-state index contributed by atoms with van der Waals surface area (Å²) < 4.78 is 0. The van der Waals surface area contributed by atoms with Gasteiger partial charge in [0.25, 0.3) is 0 Å². The van der Waals surface area contributed by atoms with Crippen LogP contribution in [0.2, 0.25) is 0 Å². The summed E-state index contributed by atoms with van der Waals surface area (Å²) in [5.74, 6) is 0.523. The Hall–Kier alpha value is -3.06. The monoisotopic (exact) mass is 442 g/mol. The minimum absolute atomic E-state index is 0.264. The van der Waals surface area contributed by atoms with E-state index in [9.17, 15) is 0 Å². The fourth-order valence-electron chi connectivity index (χ4n) is 6.16. The van der Waals surface area contributed by atoms with Gasteiger partial charge in [-0.15, -0.1) is 0 Å². The summed E-state index contributed by atoms with van der Waals surface area (Å²) in [7, 11) is 0. The molecule has 34 heavy (non-hydrogen) atoms. The van der Waals surface area contributed by atoms with Gasteiger partial charge in [-0.1, -0.05) is 139 Å². The van der Waals surface area contributed by atoms with Crippen LogP contribution in [0.15, 0.2) is 102 Å². The smallest absolute Gasteiger partial charge is 0.0883 e. The van der Waals surface area contributed by atoms with Gasteiger partial charge < -0.3 is 0 Å². The van der Waals surface area contributed by atoms with Crippen LogP contribution in [0.1, 0.15) is 56.2 Å². The molecule has 0 saturated carbocycles. The van der Waals surface area contributed by atoms with Crippen LogP contribution in [-0.2, 0) is 6.42 Å². The predicted octanol–water partition coefficient (Wildman–Crippen LogP) is 8.21. The van der Waals surface area contributed by atoms with Gasteiger partial charge in [0.1, 0.15) is 0 Å². The molecule has 3 aromatic carbocycles. The first-order valence-electron chi connectivity index (χ1n) is 13.0. The summed E-state index contributed by atoms with van der Waals surface area (Å²) in [6, 6.07) is 22.7. The molecule has 0 aromatic heterocycles. The maximum absolute atomic E-state index is 2.55. The van der Waals surface area contributed by atoms with E-state index in [-0.39, 0.29) is 6.71 Å². The summed E-state index contributed by atoms with van der Waals surface area (Å²) in [6.07, 6.45) is 17.4. The molecular weight excluding hydrogens is 407 g/mol. The number of aryl methyl sites for hydroxylation is 2. The number of hydrogen-bond donors (Lipinski definition) is 0. The highest BCUT2D eigenvalue weighted by Crippen LogP contribution is 2.37. The van der Waals surface area contributed by atoms with Crippen LogP contribution in [0.25, 0.3) is 16.2 Å². The summed E-state index contributed by atoms with van der Waals surface area (Å²) >= 11 is 0. The van der Waals surface area contributed by atoms with E-state index in [4.69, 9.17) is 0 Å². The average molecular weight is 442 g/mol. The second kappa shape index (κ2) is 10.1. The van der Waals surface area contributed by atoms with Gasteiger partial charge in [0.15, 0.2) is 0 Å². The van der Waals surface area contributed by atoms with Crippen molar-refractivity contribution in [3.05, 3.63) is 119 Å². The Kier molecular flexibility index (Phi) is 6.72. The number of hydrogen-bond acceptors (Lipinski definition) is 0. The Bertz CT molecular complexity index is 1320. The van der Waals surface area contributed by atoms with Crippen molar-refractivity contribution in [3.63, 3.8) is 0 Å². The molecule has 1 atom stereocenters. The topological polar surface area (TPSA) is 0 Å². The van der Waals surface area contributed by atoms with Gasteiger partial charge in [-0.2, -0.15) is 0 Å². The van der Waals surface area contributed by atoms with E-state index in [1.54, 1.807) is 5.47 Å². The molecule has 0 spiro atoms. The van der Waals surface area contributed by atoms with Crippen molar-refractivity contribution in [1.82, 2.24) is 0 Å². The minimum Gasteiger partial charge on any atom is -0.0883 e. The maximum atomic E-state index is 2.55. The third kappa shape index (κ3) is 4.25. The standard InChI is InChI=1S/C33H35B/c1-4-13-24(2)32(28-16-6-5-7-17-28)34(31-21-12-18-26-14-8-10-19-29(26)31)33-25(3)22-23-27-15-9-11-20-30(27)33/h5-11,14-16,19-24H,4,12-13,17-18H2,1-3H3/b32-28+. The number of fused-ring (bicyclic) bond motifs is 2. The highest BCUT2D eigenvalue weighted by Gasteiger charge is 2.35. The van der Waals surface area contributed by atoms with Gasteiger partial charge >= 0.3 is 0 Å². The number of rotatable bonds is 6. The second-order valence-electron chi connectivity index (χ2n) is 9.97. The van der Waals surface area contributed by atoms with E-state index in [1.165, 1.54) is 56.8 Å². The molecule has 3 aromatic rings. The van der Waals surface area contributed by atoms with Crippen LogP contribution in [0.5, 0.6) is 0 Å². The lowest BCUT2D eigenvalue weighted by Gasteiger charge is -2.32. The Labute approximate surface area is 205 Å². The summed E-state index contributed by atoms with van der Waals surface area (Å²) in [5.41, 5.74) is 10.5. The molecule has 0 amide bonds. The predicted molar refractivity (Wildman–Crippen MR) is 151 cm³/mol. The van der Waals surface area contributed by atoms with Crippen molar-refractivity contribution in [2.75, 3.05) is 0 Å². The first kappa shape index (κ1) is 22.7. The quantitative estimate of drug-likeness (QED) is 0.338. The molecule has 2 aliphatic rings. The van der Waals surface area contributed by atoms with Crippen molar-refractivity contribution in [2.45, 2.75) is 52.9 Å². The van der Waals surface area contributed by atoms with Gasteiger partial charge in [-0.05, 0) is 60.4 Å². The van der Waals surface area contributed by atoms with Crippen molar-refractivity contribution >= 4 is 28.4 Å². The lowest BCUT2D eigenvalue weighted by molar-refractivity contribution is 0.618. The third-order valence-electron chi connectivity index (χ3n) is 7.71. The lowest BCUT2D eigenvalue weighted by Crippen LogP contribution is -2.40. The largest absolute Gasteiger partial charge is 0.239 e. The number of benzene rings is 3. The second-order valence-corrected chi connectivity index (χ2v) is 9.97. The molecule has 1 unspecified atom stereocenters. The van der Waals surface area contributed by atoms with Crippen molar-refractivity contribution in [3.8, 4) is 0 Å². The van der Waals surface area contributed by atoms with E-state index >= 15 is 0 Å². The van der Waals surface area contributed by atoms with Crippen LogP contribution in [-0.4, -0.2) is 6.71 Å². The zero-order valence-electron chi connectivity index (χ0n) is 20.9. The van der Waals surface area contributed by atoms with Crippen molar-refractivity contribution in [2.24, 2.45) is 5.92 Å². The van der Waals surface area contributed by atoms with Crippen LogP contribution < -0.4 is 5.46 Å². The molecular formula is C33H35B. The zero-order valence-corrected chi connectivity index (χ0v) is 20.9. The van der Waals surface area contributed by atoms with E-state index < -0.39 is 0 Å². The molecule has 0 N–H and O–H groups in total. The fraction of sp³-hybridized carbons (Fsp3) is 0.273. The fourth-order valence-corrected chi connectivity index (χ4v) is 6.16. The lowest BCUT2D eigenvalue weighted by atomic mass is 9.30. The molecule has 0 nitrogen and oxygen atoms in total. The third-order valence-corrected chi connectivity index (χ3v) is 7.71. The summed E-state index contributed by atoms with van der Waals surface area (Å²) in [5, 5.41) is 2.73. The van der Waals surface area contributed by atoms with Crippen LogP contribution >= 0.6 is 0 Å². The normalized spacial score (nSPS) is 17.3. The van der Waals surface area contributed by atoms with E-state index in [1.807, 2.05) is 0 Å². The van der Waals surface area contributed by atoms with Crippen LogP contribution in [0, 0.1) is 12.8 Å². The van der Waals surface area contributed by atoms with Crippen molar-refractivity contribution < 1.29 is 0 Å². The van der Waals surface area contributed by atoms with E-state index in [0.29, 0.717) is 5.92 Å². The summed E-state index contributed by atoms with van der Waals surface area (Å²) in [6.45, 7) is 7.36. The van der Waals surface area contributed by atoms with Gasteiger partial charge in [-0.3, -0.25) is 0 Å². The molecule has 1 heteroatoms. The molecule has 0 aliphatic heterocycles. The van der Waals surface area contributed by atoms with Crippen molar-refractivity contribution in [1.29, 1.82) is 0 Å². The summed E-state index contributed by atoms with van der Waals surface area (Å²) in [4.78, 5) is 0. The minimum atomic E-state index is 0.264. The highest BCUT2D eigenvalue weighted by atomic mass is 14.2. The van der Waals surface area contributed by atoms with Gasteiger partial charge in [0, 0.05) is 0 Å². The first-order chi connectivity index (χ1) is 16.7. The van der Waals surface area contributed by atoms with Crippen LogP contribution in [0.4, 0.5) is 0 Å². The van der Waals surface area contributed by atoms with Gasteiger partial charge in [0.05, 0.1) is 0 Å². The molecule has 0 radical (unpaired) electrons. The van der Waals surface area contributed by atoms with Gasteiger partial charge in [-0.25, -0.2) is 0 Å². The Morgan fingerprint density at radius 2 is 1.79 bits per heavy atom. The SMILES string of the molecule is CCCC(C)/C(B(C1=CCCc2ccccc21)c1c(C)ccc2ccccc12)=C1/C=CC=CC1. The Morgan fingerprint density at radius 1 is 0.971 bits per heavy atom. The molecule has 2 aliphatic carbocycles. The Morgan fingerprint density at radius 3 is 2.62 bits per heavy atom. The zero-order chi connectivity index (χ0) is 23.5. The highest BCUT2D eigenvalue weighted by molar-refractivity contribution is 6.97. The number of allylic oxidation sites excluding steroid dienone is 7. The molecule has 0 fully saturated rings. The molecule has 170 valence electrons. The van der Waals surface area contributed by atoms with E-state index in [0.717, 1.165) is 19.3 Å². The van der Waals surface area contributed by atoms with Crippen LogP contribution in [0.3, 0.4) is 0 Å². The molecule has 0 bridgehead atoms.